The lowest BCUT2D eigenvalue weighted by Crippen LogP contribution is -2.34. The first-order valence-electron chi connectivity index (χ1n) is 6.69. The average molecular weight is 269 g/mol. The number of carbonyl (C=O) groups is 1. The minimum atomic E-state index is -0.156. The van der Waals surface area contributed by atoms with Gasteiger partial charge in [-0.15, -0.1) is 0 Å². The van der Waals surface area contributed by atoms with Crippen LogP contribution in [0, 0.1) is 0 Å². The van der Waals surface area contributed by atoms with Crippen molar-refractivity contribution in [1.29, 1.82) is 0 Å². The van der Waals surface area contributed by atoms with Crippen LogP contribution in [0.4, 0.5) is 0 Å². The van der Waals surface area contributed by atoms with Crippen LogP contribution >= 0.6 is 0 Å². The zero-order valence-electron chi connectivity index (χ0n) is 11.5. The van der Waals surface area contributed by atoms with Crippen LogP contribution in [0.15, 0.2) is 48.7 Å². The van der Waals surface area contributed by atoms with Gasteiger partial charge in [0.15, 0.2) is 0 Å². The normalized spacial score (nSPS) is 11.9. The summed E-state index contributed by atoms with van der Waals surface area (Å²) in [6.07, 6.45) is 2.43. The number of nitrogens with zero attached hydrogens (tertiary/aromatic N) is 1. The molecule has 1 unspecified atom stereocenters. The van der Waals surface area contributed by atoms with Crippen LogP contribution in [0.5, 0.6) is 0 Å². The Kier molecular flexibility index (Phi) is 4.85. The van der Waals surface area contributed by atoms with E-state index in [9.17, 15) is 4.79 Å². The molecule has 1 aromatic carbocycles. The third-order valence-corrected chi connectivity index (χ3v) is 3.06. The standard InChI is InChI=1S/C16H19N3O/c1-12(9-13-5-3-2-4-6-13)19-16(20)15-8-7-14(10-17)11-18-15/h2-8,11-12H,9-10,17H2,1H3,(H,19,20). The summed E-state index contributed by atoms with van der Waals surface area (Å²) in [6, 6.07) is 13.7. The fourth-order valence-corrected chi connectivity index (χ4v) is 2.00. The monoisotopic (exact) mass is 269 g/mol. The highest BCUT2D eigenvalue weighted by molar-refractivity contribution is 5.92. The minimum Gasteiger partial charge on any atom is -0.348 e. The summed E-state index contributed by atoms with van der Waals surface area (Å²) < 4.78 is 0. The summed E-state index contributed by atoms with van der Waals surface area (Å²) in [5, 5.41) is 2.95. The predicted molar refractivity (Wildman–Crippen MR) is 79.2 cm³/mol. The third-order valence-electron chi connectivity index (χ3n) is 3.06. The maximum atomic E-state index is 12.0. The molecule has 0 saturated carbocycles. The average Bonchev–Trinajstić information content (AvgIpc) is 2.48. The molecule has 0 bridgehead atoms. The zero-order chi connectivity index (χ0) is 14.4. The summed E-state index contributed by atoms with van der Waals surface area (Å²) in [6.45, 7) is 2.42. The van der Waals surface area contributed by atoms with Gasteiger partial charge in [0, 0.05) is 18.8 Å². The second kappa shape index (κ2) is 6.82. The number of rotatable bonds is 5. The number of pyridine rings is 1. The van der Waals surface area contributed by atoms with Crippen molar-refractivity contribution in [2.75, 3.05) is 0 Å². The summed E-state index contributed by atoms with van der Waals surface area (Å²) in [4.78, 5) is 16.2. The SMILES string of the molecule is CC(Cc1ccccc1)NC(=O)c1ccc(CN)cn1. The van der Waals surface area contributed by atoms with E-state index in [4.69, 9.17) is 5.73 Å². The number of hydrogen-bond donors (Lipinski definition) is 2. The third kappa shape index (κ3) is 3.90. The summed E-state index contributed by atoms with van der Waals surface area (Å²) >= 11 is 0. The molecule has 1 heterocycles. The first kappa shape index (κ1) is 14.2. The number of amides is 1. The van der Waals surface area contributed by atoms with Gasteiger partial charge in [0.1, 0.15) is 5.69 Å². The van der Waals surface area contributed by atoms with Crippen molar-refractivity contribution in [3.8, 4) is 0 Å². The molecule has 0 spiro atoms. The van der Waals surface area contributed by atoms with Crippen LogP contribution in [0.3, 0.4) is 0 Å². The first-order chi connectivity index (χ1) is 9.69. The predicted octanol–water partition coefficient (Wildman–Crippen LogP) is 1.90. The first-order valence-corrected chi connectivity index (χ1v) is 6.69. The Hall–Kier alpha value is -2.20. The molecule has 0 fully saturated rings. The van der Waals surface area contributed by atoms with Crippen molar-refractivity contribution in [3.63, 3.8) is 0 Å². The summed E-state index contributed by atoms with van der Waals surface area (Å²) in [5.74, 6) is -0.156. The smallest absolute Gasteiger partial charge is 0.270 e. The van der Waals surface area contributed by atoms with E-state index in [2.05, 4.69) is 22.4 Å². The number of aromatic nitrogens is 1. The van der Waals surface area contributed by atoms with E-state index < -0.39 is 0 Å². The van der Waals surface area contributed by atoms with Gasteiger partial charge >= 0.3 is 0 Å². The molecule has 0 aliphatic carbocycles. The van der Waals surface area contributed by atoms with Gasteiger partial charge in [-0.05, 0) is 30.5 Å². The highest BCUT2D eigenvalue weighted by Gasteiger charge is 2.11. The van der Waals surface area contributed by atoms with Crippen LogP contribution in [0.25, 0.3) is 0 Å². The lowest BCUT2D eigenvalue weighted by molar-refractivity contribution is 0.0935. The molecule has 0 aliphatic heterocycles. The molecule has 0 saturated heterocycles. The van der Waals surface area contributed by atoms with Crippen molar-refractivity contribution in [2.45, 2.75) is 25.9 Å². The van der Waals surface area contributed by atoms with Crippen molar-refractivity contribution in [2.24, 2.45) is 5.73 Å². The molecule has 2 aromatic rings. The maximum Gasteiger partial charge on any atom is 0.270 e. The van der Waals surface area contributed by atoms with Crippen molar-refractivity contribution in [1.82, 2.24) is 10.3 Å². The minimum absolute atomic E-state index is 0.0564. The van der Waals surface area contributed by atoms with Gasteiger partial charge in [0.25, 0.3) is 5.91 Å². The van der Waals surface area contributed by atoms with Gasteiger partial charge in [-0.3, -0.25) is 9.78 Å². The summed E-state index contributed by atoms with van der Waals surface area (Å²) in [5.41, 5.74) is 8.04. The van der Waals surface area contributed by atoms with Gasteiger partial charge in [0.2, 0.25) is 0 Å². The number of nitrogens with one attached hydrogen (secondary N) is 1. The molecule has 104 valence electrons. The lowest BCUT2D eigenvalue weighted by atomic mass is 10.1. The molecule has 20 heavy (non-hydrogen) atoms. The topological polar surface area (TPSA) is 68.0 Å². The van der Waals surface area contributed by atoms with Crippen molar-refractivity contribution in [3.05, 3.63) is 65.5 Å². The van der Waals surface area contributed by atoms with E-state index in [1.807, 2.05) is 31.2 Å². The van der Waals surface area contributed by atoms with Crippen molar-refractivity contribution >= 4 is 5.91 Å². The highest BCUT2D eigenvalue weighted by atomic mass is 16.1. The van der Waals surface area contributed by atoms with Gasteiger partial charge in [-0.2, -0.15) is 0 Å². The maximum absolute atomic E-state index is 12.0. The van der Waals surface area contributed by atoms with Gasteiger partial charge in [-0.1, -0.05) is 36.4 Å². The molecule has 4 heteroatoms. The molecule has 1 atom stereocenters. The number of hydrogen-bond acceptors (Lipinski definition) is 3. The molecule has 1 aromatic heterocycles. The van der Waals surface area contributed by atoms with Gasteiger partial charge in [0.05, 0.1) is 0 Å². The fourth-order valence-electron chi connectivity index (χ4n) is 2.00. The molecule has 4 nitrogen and oxygen atoms in total. The second-order valence-corrected chi connectivity index (χ2v) is 4.82. The molecular weight excluding hydrogens is 250 g/mol. The van der Waals surface area contributed by atoms with E-state index in [1.165, 1.54) is 5.56 Å². The lowest BCUT2D eigenvalue weighted by Gasteiger charge is -2.13. The van der Waals surface area contributed by atoms with Crippen LogP contribution in [0.1, 0.15) is 28.5 Å². The van der Waals surface area contributed by atoms with E-state index in [-0.39, 0.29) is 11.9 Å². The Bertz CT molecular complexity index is 552. The van der Waals surface area contributed by atoms with Crippen molar-refractivity contribution < 1.29 is 4.79 Å². The largest absolute Gasteiger partial charge is 0.348 e. The number of nitrogens with two attached hydrogens (primary N) is 1. The Morgan fingerprint density at radius 1 is 1.20 bits per heavy atom. The highest BCUT2D eigenvalue weighted by Crippen LogP contribution is 2.04. The molecule has 3 N–H and O–H groups in total. The Balaban J connectivity index is 1.93. The van der Waals surface area contributed by atoms with E-state index in [0.717, 1.165) is 12.0 Å². The van der Waals surface area contributed by atoms with E-state index >= 15 is 0 Å². The Morgan fingerprint density at radius 3 is 2.55 bits per heavy atom. The molecule has 0 aliphatic rings. The molecule has 1 amide bonds. The van der Waals surface area contributed by atoms with Gasteiger partial charge < -0.3 is 11.1 Å². The van der Waals surface area contributed by atoms with Crippen LogP contribution in [0.2, 0.25) is 0 Å². The fraction of sp³-hybridized carbons (Fsp3) is 0.250. The van der Waals surface area contributed by atoms with Gasteiger partial charge in [-0.25, -0.2) is 0 Å². The van der Waals surface area contributed by atoms with E-state index in [0.29, 0.717) is 12.2 Å². The summed E-state index contributed by atoms with van der Waals surface area (Å²) in [7, 11) is 0. The van der Waals surface area contributed by atoms with Crippen LogP contribution in [-0.4, -0.2) is 16.9 Å². The second-order valence-electron chi connectivity index (χ2n) is 4.82. The molecular formula is C16H19N3O. The number of carbonyl (C=O) groups excluding carboxylic acids is 1. The van der Waals surface area contributed by atoms with Crippen LogP contribution in [-0.2, 0) is 13.0 Å². The van der Waals surface area contributed by atoms with E-state index in [1.54, 1.807) is 12.3 Å². The quantitative estimate of drug-likeness (QED) is 0.871. The zero-order valence-corrected chi connectivity index (χ0v) is 11.5. The Morgan fingerprint density at radius 2 is 1.95 bits per heavy atom. The number of benzene rings is 1. The Labute approximate surface area is 119 Å². The molecule has 0 radical (unpaired) electrons. The van der Waals surface area contributed by atoms with Crippen LogP contribution < -0.4 is 11.1 Å². The molecule has 2 rings (SSSR count).